The van der Waals surface area contributed by atoms with Crippen LogP contribution < -0.4 is 10.9 Å². The van der Waals surface area contributed by atoms with E-state index in [0.717, 1.165) is 29.7 Å². The Morgan fingerprint density at radius 3 is 2.51 bits per heavy atom. The van der Waals surface area contributed by atoms with Crippen LogP contribution in [0.1, 0.15) is 57.1 Å². The number of carbonyl (C=O) groups excluding carboxylic acids is 2. The SMILES string of the molecule is COCCNc1cc(Cl)c(Cl)c(CN(C(=O)C2CN(C(=O)OC(C)(C)C)CCC2c2ccn(C)c(=O)c2)C2CC2)c1. The molecule has 1 N–H and O–H groups in total. The standard InChI is InChI=1S/C30H40Cl2N4O5/c1-30(2,3)41-29(39)35-12-9-23(19-8-11-34(4)26(37)15-19)24(18-35)28(38)36(22-6-7-22)17-20-14-21(33-10-13-40-5)16-25(31)27(20)32/h8,11,14-16,22-24,33H,6-7,9-10,12-13,17-18H2,1-5H3. The number of halogens is 2. The fourth-order valence-corrected chi connectivity index (χ4v) is 5.63. The van der Waals surface area contributed by atoms with Crippen molar-refractivity contribution in [3.05, 3.63) is 62.0 Å². The van der Waals surface area contributed by atoms with Gasteiger partial charge < -0.3 is 29.2 Å². The van der Waals surface area contributed by atoms with Gasteiger partial charge in [-0.2, -0.15) is 0 Å². The second-order valence-corrected chi connectivity index (χ2v) is 12.7. The largest absolute Gasteiger partial charge is 0.444 e. The summed E-state index contributed by atoms with van der Waals surface area (Å²) in [7, 11) is 3.33. The molecule has 1 aromatic carbocycles. The molecule has 224 valence electrons. The van der Waals surface area contributed by atoms with Crippen molar-refractivity contribution in [2.75, 3.05) is 38.7 Å². The smallest absolute Gasteiger partial charge is 0.410 e. The van der Waals surface area contributed by atoms with E-state index in [4.69, 9.17) is 32.7 Å². The maximum Gasteiger partial charge on any atom is 0.410 e. The molecule has 2 aliphatic rings. The Morgan fingerprint density at radius 2 is 1.88 bits per heavy atom. The zero-order valence-corrected chi connectivity index (χ0v) is 25.9. The Morgan fingerprint density at radius 1 is 1.15 bits per heavy atom. The Kier molecular flexibility index (Phi) is 9.93. The highest BCUT2D eigenvalue weighted by molar-refractivity contribution is 6.42. The van der Waals surface area contributed by atoms with Gasteiger partial charge in [-0.1, -0.05) is 23.2 Å². The minimum atomic E-state index is -0.655. The predicted octanol–water partition coefficient (Wildman–Crippen LogP) is 5.28. The topological polar surface area (TPSA) is 93.1 Å². The summed E-state index contributed by atoms with van der Waals surface area (Å²) in [5.41, 5.74) is 1.54. The molecule has 1 saturated heterocycles. The molecule has 2 unspecified atom stereocenters. The fourth-order valence-electron chi connectivity index (χ4n) is 5.22. The van der Waals surface area contributed by atoms with E-state index in [1.807, 2.05) is 37.8 Å². The summed E-state index contributed by atoms with van der Waals surface area (Å²) in [5.74, 6) is -0.852. The maximum absolute atomic E-state index is 14.4. The molecule has 1 aromatic heterocycles. The van der Waals surface area contributed by atoms with E-state index in [0.29, 0.717) is 36.2 Å². The summed E-state index contributed by atoms with van der Waals surface area (Å²) in [4.78, 5) is 43.5. The van der Waals surface area contributed by atoms with Gasteiger partial charge >= 0.3 is 6.09 Å². The van der Waals surface area contributed by atoms with Gasteiger partial charge in [0.2, 0.25) is 5.91 Å². The average molecular weight is 608 g/mol. The van der Waals surface area contributed by atoms with Crippen LogP contribution in [0.15, 0.2) is 35.3 Å². The zero-order chi connectivity index (χ0) is 29.9. The minimum absolute atomic E-state index is 0.0728. The molecule has 2 fully saturated rings. The lowest BCUT2D eigenvalue weighted by molar-refractivity contribution is -0.139. The van der Waals surface area contributed by atoms with E-state index in [-0.39, 0.29) is 36.5 Å². The van der Waals surface area contributed by atoms with Crippen molar-refractivity contribution in [3.8, 4) is 0 Å². The van der Waals surface area contributed by atoms with Gasteiger partial charge in [0, 0.05) is 64.3 Å². The molecule has 9 nitrogen and oxygen atoms in total. The number of aromatic nitrogens is 1. The summed E-state index contributed by atoms with van der Waals surface area (Å²) in [6.45, 7) is 7.50. The first kappa shape index (κ1) is 31.2. The lowest BCUT2D eigenvalue weighted by atomic mass is 9.79. The van der Waals surface area contributed by atoms with Crippen molar-refractivity contribution >= 4 is 40.9 Å². The summed E-state index contributed by atoms with van der Waals surface area (Å²) >= 11 is 13.1. The third-order valence-electron chi connectivity index (χ3n) is 7.49. The first-order valence-corrected chi connectivity index (χ1v) is 14.8. The molecule has 41 heavy (non-hydrogen) atoms. The lowest BCUT2D eigenvalue weighted by Gasteiger charge is -2.40. The molecule has 0 bridgehead atoms. The van der Waals surface area contributed by atoms with Crippen LogP contribution in [0.5, 0.6) is 0 Å². The van der Waals surface area contributed by atoms with Crippen LogP contribution in [-0.4, -0.2) is 71.4 Å². The molecule has 2 atom stereocenters. The number of anilines is 1. The number of benzene rings is 1. The Hall–Kier alpha value is -2.75. The zero-order valence-electron chi connectivity index (χ0n) is 24.4. The van der Waals surface area contributed by atoms with Gasteiger partial charge in [0.1, 0.15) is 5.60 Å². The predicted molar refractivity (Wildman–Crippen MR) is 161 cm³/mol. The molecule has 0 radical (unpaired) electrons. The molecule has 2 amide bonds. The van der Waals surface area contributed by atoms with Gasteiger partial charge in [0.05, 0.1) is 22.6 Å². The fraction of sp³-hybridized carbons (Fsp3) is 0.567. The molecular weight excluding hydrogens is 567 g/mol. The van der Waals surface area contributed by atoms with Crippen molar-refractivity contribution in [3.63, 3.8) is 0 Å². The number of amides is 2. The van der Waals surface area contributed by atoms with Crippen LogP contribution in [0.4, 0.5) is 10.5 Å². The van der Waals surface area contributed by atoms with Gasteiger partial charge in [0.15, 0.2) is 0 Å². The number of piperidine rings is 1. The highest BCUT2D eigenvalue weighted by Gasteiger charge is 2.43. The molecule has 1 aliphatic carbocycles. The number of ether oxygens (including phenoxy) is 2. The van der Waals surface area contributed by atoms with Crippen LogP contribution in [0, 0.1) is 5.92 Å². The van der Waals surface area contributed by atoms with Crippen molar-refractivity contribution in [1.82, 2.24) is 14.4 Å². The molecule has 4 rings (SSSR count). The van der Waals surface area contributed by atoms with E-state index in [9.17, 15) is 14.4 Å². The van der Waals surface area contributed by atoms with Crippen LogP contribution in [0.2, 0.25) is 10.0 Å². The highest BCUT2D eigenvalue weighted by atomic mass is 35.5. The van der Waals surface area contributed by atoms with Crippen molar-refractivity contribution < 1.29 is 19.1 Å². The lowest BCUT2D eigenvalue weighted by Crippen LogP contribution is -2.51. The second-order valence-electron chi connectivity index (χ2n) is 11.9. The van der Waals surface area contributed by atoms with Gasteiger partial charge in [-0.05, 0) is 75.3 Å². The Balaban J connectivity index is 1.64. The van der Waals surface area contributed by atoms with E-state index in [1.54, 1.807) is 37.4 Å². The molecule has 2 heterocycles. The van der Waals surface area contributed by atoms with Crippen LogP contribution in [-0.2, 0) is 27.9 Å². The maximum atomic E-state index is 14.4. The van der Waals surface area contributed by atoms with Crippen LogP contribution in [0.25, 0.3) is 0 Å². The molecule has 2 aromatic rings. The number of pyridine rings is 1. The number of nitrogens with one attached hydrogen (secondary N) is 1. The summed E-state index contributed by atoms with van der Waals surface area (Å²) < 4.78 is 12.3. The summed E-state index contributed by atoms with van der Waals surface area (Å²) in [6.07, 6.45) is 3.60. The van der Waals surface area contributed by atoms with Crippen LogP contribution >= 0.6 is 23.2 Å². The van der Waals surface area contributed by atoms with Gasteiger partial charge in [0.25, 0.3) is 5.56 Å². The Labute approximate surface area is 251 Å². The van der Waals surface area contributed by atoms with Crippen molar-refractivity contribution in [2.24, 2.45) is 13.0 Å². The van der Waals surface area contributed by atoms with E-state index < -0.39 is 17.6 Å². The molecule has 1 aliphatic heterocycles. The van der Waals surface area contributed by atoms with Gasteiger partial charge in [-0.3, -0.25) is 9.59 Å². The van der Waals surface area contributed by atoms with Crippen molar-refractivity contribution in [2.45, 2.75) is 64.1 Å². The summed E-state index contributed by atoms with van der Waals surface area (Å²) in [6, 6.07) is 7.24. The third kappa shape index (κ3) is 7.96. The Bertz CT molecular complexity index is 1320. The number of nitrogens with zero attached hydrogens (tertiary/aromatic N) is 3. The van der Waals surface area contributed by atoms with E-state index in [1.165, 1.54) is 4.57 Å². The molecule has 11 heteroatoms. The van der Waals surface area contributed by atoms with Crippen LogP contribution in [0.3, 0.4) is 0 Å². The third-order valence-corrected chi connectivity index (χ3v) is 8.33. The number of rotatable bonds is 9. The molecular formula is C30H40Cl2N4O5. The van der Waals surface area contributed by atoms with Gasteiger partial charge in [-0.15, -0.1) is 0 Å². The monoisotopic (exact) mass is 606 g/mol. The summed E-state index contributed by atoms with van der Waals surface area (Å²) in [5, 5.41) is 4.09. The second kappa shape index (κ2) is 13.0. The van der Waals surface area contributed by atoms with Gasteiger partial charge in [-0.25, -0.2) is 4.79 Å². The molecule has 1 saturated carbocycles. The molecule has 0 spiro atoms. The number of carbonyl (C=O) groups is 2. The first-order valence-electron chi connectivity index (χ1n) is 14.0. The van der Waals surface area contributed by atoms with E-state index >= 15 is 0 Å². The number of likely N-dealkylation sites (tertiary alicyclic amines) is 1. The highest BCUT2D eigenvalue weighted by Crippen LogP contribution is 2.39. The minimum Gasteiger partial charge on any atom is -0.444 e. The quantitative estimate of drug-likeness (QED) is 0.390. The first-order chi connectivity index (χ1) is 19.4. The number of aryl methyl sites for hydroxylation is 1. The average Bonchev–Trinajstić information content (AvgIpc) is 3.75. The van der Waals surface area contributed by atoms with E-state index in [2.05, 4.69) is 5.32 Å². The number of hydrogen-bond donors (Lipinski definition) is 1. The van der Waals surface area contributed by atoms with Crippen molar-refractivity contribution in [1.29, 1.82) is 0 Å². The number of hydrogen-bond acceptors (Lipinski definition) is 6. The normalized spacial score (nSPS) is 19.1. The number of methoxy groups -OCH3 is 1.